The lowest BCUT2D eigenvalue weighted by Gasteiger charge is -2.25. The van der Waals surface area contributed by atoms with Crippen LogP contribution in [0.1, 0.15) is 27.2 Å². The van der Waals surface area contributed by atoms with Gasteiger partial charge in [0.25, 0.3) is 0 Å². The van der Waals surface area contributed by atoms with Crippen LogP contribution in [0.15, 0.2) is 24.3 Å². The molecule has 0 bridgehead atoms. The molecule has 2 N–H and O–H groups in total. The number of rotatable bonds is 4. The highest BCUT2D eigenvalue weighted by molar-refractivity contribution is 6.33. The van der Waals surface area contributed by atoms with Gasteiger partial charge in [0.05, 0.1) is 10.7 Å². The van der Waals surface area contributed by atoms with E-state index < -0.39 is 12.0 Å². The molecule has 0 fully saturated rings. The van der Waals surface area contributed by atoms with Crippen LogP contribution in [-0.2, 0) is 4.79 Å². The molecule has 1 rings (SSSR count). The van der Waals surface area contributed by atoms with E-state index in [2.05, 4.69) is 5.32 Å². The maximum absolute atomic E-state index is 11.2. The van der Waals surface area contributed by atoms with Crippen molar-refractivity contribution < 1.29 is 9.90 Å². The van der Waals surface area contributed by atoms with E-state index >= 15 is 0 Å². The highest BCUT2D eigenvalue weighted by Gasteiger charge is 2.24. The lowest BCUT2D eigenvalue weighted by Crippen LogP contribution is -2.33. The Balaban J connectivity index is 2.81. The largest absolute Gasteiger partial charge is 0.480 e. The van der Waals surface area contributed by atoms with Crippen LogP contribution in [0.4, 0.5) is 5.69 Å². The topological polar surface area (TPSA) is 49.3 Å². The van der Waals surface area contributed by atoms with Gasteiger partial charge in [-0.3, -0.25) is 0 Å². The molecule has 17 heavy (non-hydrogen) atoms. The first kappa shape index (κ1) is 13.8. The number of aliphatic carboxylic acids is 1. The number of para-hydroxylation sites is 1. The molecule has 0 aliphatic carbocycles. The number of carboxylic acids is 1. The van der Waals surface area contributed by atoms with Crippen molar-refractivity contribution in [1.29, 1.82) is 0 Å². The molecule has 94 valence electrons. The normalized spacial score (nSPS) is 13.2. The zero-order chi connectivity index (χ0) is 13.1. The molecule has 0 saturated carbocycles. The Morgan fingerprint density at radius 2 is 2.00 bits per heavy atom. The summed E-state index contributed by atoms with van der Waals surface area (Å²) in [4.78, 5) is 11.2. The average molecular weight is 256 g/mol. The molecule has 0 aliphatic rings. The minimum absolute atomic E-state index is 0.0582. The van der Waals surface area contributed by atoms with E-state index in [9.17, 15) is 9.90 Å². The van der Waals surface area contributed by atoms with E-state index in [1.165, 1.54) is 0 Å². The number of benzene rings is 1. The van der Waals surface area contributed by atoms with Crippen LogP contribution in [-0.4, -0.2) is 17.1 Å². The van der Waals surface area contributed by atoms with E-state index in [-0.39, 0.29) is 5.41 Å². The van der Waals surface area contributed by atoms with Crippen molar-refractivity contribution in [2.75, 3.05) is 5.32 Å². The number of hydrogen-bond acceptors (Lipinski definition) is 2. The zero-order valence-electron chi connectivity index (χ0n) is 10.3. The van der Waals surface area contributed by atoms with Gasteiger partial charge in [-0.2, -0.15) is 0 Å². The average Bonchev–Trinajstić information content (AvgIpc) is 2.18. The molecule has 4 heteroatoms. The zero-order valence-corrected chi connectivity index (χ0v) is 11.1. The van der Waals surface area contributed by atoms with Crippen LogP contribution in [0.5, 0.6) is 0 Å². The van der Waals surface area contributed by atoms with Gasteiger partial charge in [-0.15, -0.1) is 0 Å². The van der Waals surface area contributed by atoms with Crippen LogP contribution in [0.3, 0.4) is 0 Å². The van der Waals surface area contributed by atoms with Crippen molar-refractivity contribution in [3.63, 3.8) is 0 Å². The van der Waals surface area contributed by atoms with Gasteiger partial charge in [0, 0.05) is 0 Å². The number of carbonyl (C=O) groups is 1. The smallest absolute Gasteiger partial charge is 0.326 e. The quantitative estimate of drug-likeness (QED) is 0.864. The summed E-state index contributed by atoms with van der Waals surface area (Å²) in [5.74, 6) is -0.861. The van der Waals surface area contributed by atoms with Crippen LogP contribution in [0.2, 0.25) is 5.02 Å². The van der Waals surface area contributed by atoms with Crippen LogP contribution < -0.4 is 5.32 Å². The van der Waals surface area contributed by atoms with Crippen molar-refractivity contribution >= 4 is 23.3 Å². The molecule has 1 aromatic rings. The Labute approximate surface area is 107 Å². The number of halogens is 1. The van der Waals surface area contributed by atoms with Gasteiger partial charge in [0.15, 0.2) is 0 Å². The standard InChI is InChI=1S/C13H18ClNO2/c1-13(2,3)8-11(12(16)17)15-10-7-5-4-6-9(10)14/h4-7,11,15H,8H2,1-3H3,(H,16,17). The van der Waals surface area contributed by atoms with Gasteiger partial charge < -0.3 is 10.4 Å². The van der Waals surface area contributed by atoms with Gasteiger partial charge >= 0.3 is 5.97 Å². The first-order valence-corrected chi connectivity index (χ1v) is 5.91. The van der Waals surface area contributed by atoms with Gasteiger partial charge in [-0.25, -0.2) is 4.79 Å². The highest BCUT2D eigenvalue weighted by Crippen LogP contribution is 2.26. The molecule has 0 saturated heterocycles. The third-order valence-electron chi connectivity index (χ3n) is 2.32. The van der Waals surface area contributed by atoms with Gasteiger partial charge in [-0.1, -0.05) is 44.5 Å². The SMILES string of the molecule is CC(C)(C)CC(Nc1ccccc1Cl)C(=O)O. The minimum Gasteiger partial charge on any atom is -0.480 e. The second kappa shape index (κ2) is 5.41. The third kappa shape index (κ3) is 4.65. The molecule has 0 radical (unpaired) electrons. The molecular formula is C13H18ClNO2. The summed E-state index contributed by atoms with van der Waals surface area (Å²) < 4.78 is 0. The number of carboxylic acid groups (broad SMARTS) is 1. The number of nitrogens with one attached hydrogen (secondary N) is 1. The van der Waals surface area contributed by atoms with E-state index in [4.69, 9.17) is 11.6 Å². The third-order valence-corrected chi connectivity index (χ3v) is 2.65. The molecule has 1 atom stereocenters. The Hall–Kier alpha value is -1.22. The number of anilines is 1. The van der Waals surface area contributed by atoms with Crippen LogP contribution in [0.25, 0.3) is 0 Å². The molecule has 0 heterocycles. The fourth-order valence-corrected chi connectivity index (χ4v) is 1.77. The molecule has 0 spiro atoms. The molecule has 3 nitrogen and oxygen atoms in total. The second-order valence-corrected chi connectivity index (χ2v) is 5.69. The van der Waals surface area contributed by atoms with E-state index in [1.807, 2.05) is 32.9 Å². The Morgan fingerprint density at radius 1 is 1.41 bits per heavy atom. The van der Waals surface area contributed by atoms with Crippen molar-refractivity contribution in [3.05, 3.63) is 29.3 Å². The first-order valence-electron chi connectivity index (χ1n) is 5.53. The summed E-state index contributed by atoms with van der Waals surface area (Å²) in [5, 5.41) is 12.7. The minimum atomic E-state index is -0.861. The molecule has 1 unspecified atom stereocenters. The van der Waals surface area contributed by atoms with Gasteiger partial charge in [-0.05, 0) is 24.0 Å². The Bertz CT molecular complexity index is 399. The van der Waals surface area contributed by atoms with Crippen molar-refractivity contribution in [2.45, 2.75) is 33.2 Å². The summed E-state index contributed by atoms with van der Waals surface area (Å²) in [6.45, 7) is 6.03. The van der Waals surface area contributed by atoms with Crippen molar-refractivity contribution in [1.82, 2.24) is 0 Å². The van der Waals surface area contributed by atoms with Crippen LogP contribution >= 0.6 is 11.6 Å². The Kier molecular flexibility index (Phi) is 4.40. The predicted molar refractivity (Wildman–Crippen MR) is 70.6 cm³/mol. The van der Waals surface area contributed by atoms with Gasteiger partial charge in [0.1, 0.15) is 6.04 Å². The van der Waals surface area contributed by atoms with E-state index in [0.29, 0.717) is 17.1 Å². The summed E-state index contributed by atoms with van der Waals surface area (Å²) >= 11 is 5.99. The Morgan fingerprint density at radius 3 is 2.47 bits per heavy atom. The summed E-state index contributed by atoms with van der Waals surface area (Å²) in [6, 6.07) is 6.52. The lowest BCUT2D eigenvalue weighted by molar-refractivity contribution is -0.138. The summed E-state index contributed by atoms with van der Waals surface area (Å²) in [6.07, 6.45) is 0.535. The van der Waals surface area contributed by atoms with E-state index in [0.717, 1.165) is 0 Å². The molecule has 1 aromatic carbocycles. The molecule has 0 aromatic heterocycles. The monoisotopic (exact) mass is 255 g/mol. The number of hydrogen-bond donors (Lipinski definition) is 2. The second-order valence-electron chi connectivity index (χ2n) is 5.28. The predicted octanol–water partition coefficient (Wildman–Crippen LogP) is 3.64. The fourth-order valence-electron chi connectivity index (χ4n) is 1.58. The van der Waals surface area contributed by atoms with Gasteiger partial charge in [0.2, 0.25) is 0 Å². The van der Waals surface area contributed by atoms with Crippen molar-refractivity contribution in [3.8, 4) is 0 Å². The fraction of sp³-hybridized carbons (Fsp3) is 0.462. The summed E-state index contributed by atoms with van der Waals surface area (Å²) in [7, 11) is 0. The maximum Gasteiger partial charge on any atom is 0.326 e. The highest BCUT2D eigenvalue weighted by atomic mass is 35.5. The van der Waals surface area contributed by atoms with Crippen LogP contribution in [0, 0.1) is 5.41 Å². The molecular weight excluding hydrogens is 238 g/mol. The van der Waals surface area contributed by atoms with E-state index in [1.54, 1.807) is 12.1 Å². The molecule has 0 aliphatic heterocycles. The summed E-state index contributed by atoms with van der Waals surface area (Å²) in [5.41, 5.74) is 0.600. The lowest BCUT2D eigenvalue weighted by atomic mass is 9.88. The van der Waals surface area contributed by atoms with Crippen molar-refractivity contribution in [2.24, 2.45) is 5.41 Å². The maximum atomic E-state index is 11.2. The first-order chi connectivity index (χ1) is 7.79. The molecule has 0 amide bonds.